The number of methoxy groups -OCH3 is 1. The molecule has 2 aliphatic carbocycles. The lowest BCUT2D eigenvalue weighted by atomic mass is 9.79. The normalized spacial score (nSPS) is 25.7. The Labute approximate surface area is 205 Å². The maximum Gasteiger partial charge on any atom is 0.200 e. The van der Waals surface area contributed by atoms with Crippen LogP contribution in [0.5, 0.6) is 0 Å². The molecule has 0 saturated heterocycles. The maximum absolute atomic E-state index is 15.0. The first-order valence-corrected chi connectivity index (χ1v) is 12.4. The molecule has 0 amide bonds. The fourth-order valence-corrected chi connectivity index (χ4v) is 5.16. The average Bonchev–Trinajstić information content (AvgIpc) is 2.88. The summed E-state index contributed by atoms with van der Waals surface area (Å²) in [5.41, 5.74) is 0.740. The lowest BCUT2D eigenvalue weighted by Crippen LogP contribution is -2.23. The third kappa shape index (κ3) is 6.76. The Hall–Kier alpha value is -2.12. The summed E-state index contributed by atoms with van der Waals surface area (Å²) in [6, 6.07) is 3.48. The first-order valence-electron chi connectivity index (χ1n) is 12.4. The van der Waals surface area contributed by atoms with Gasteiger partial charge < -0.3 is 14.2 Å². The number of benzene rings is 1. The van der Waals surface area contributed by atoms with E-state index < -0.39 is 23.3 Å². The van der Waals surface area contributed by atoms with Crippen LogP contribution < -0.4 is 0 Å². The molecule has 0 atom stereocenters. The van der Waals surface area contributed by atoms with Gasteiger partial charge in [0.2, 0.25) is 0 Å². The van der Waals surface area contributed by atoms with Crippen LogP contribution in [0.15, 0.2) is 48.3 Å². The van der Waals surface area contributed by atoms with Crippen LogP contribution in [0, 0.1) is 11.6 Å². The lowest BCUT2D eigenvalue weighted by molar-refractivity contribution is 0.0380. The zero-order valence-corrected chi connectivity index (χ0v) is 20.7. The first kappa shape index (κ1) is 27.5. The highest BCUT2D eigenvalue weighted by molar-refractivity contribution is 5.33. The van der Waals surface area contributed by atoms with Crippen molar-refractivity contribution in [3.63, 3.8) is 0 Å². The van der Waals surface area contributed by atoms with E-state index in [4.69, 9.17) is 14.2 Å². The van der Waals surface area contributed by atoms with Gasteiger partial charge in [-0.3, -0.25) is 0 Å². The van der Waals surface area contributed by atoms with Gasteiger partial charge in [0.1, 0.15) is 0 Å². The molecule has 2 saturated carbocycles. The summed E-state index contributed by atoms with van der Waals surface area (Å²) in [6.45, 7) is 8.55. The van der Waals surface area contributed by atoms with Crippen LogP contribution in [0.25, 0.3) is 0 Å². The van der Waals surface area contributed by atoms with E-state index in [-0.39, 0.29) is 48.6 Å². The van der Waals surface area contributed by atoms with E-state index >= 15 is 4.39 Å². The molecule has 194 valence electrons. The maximum atomic E-state index is 15.0. The van der Waals surface area contributed by atoms with Crippen LogP contribution in [0.2, 0.25) is 0 Å². The van der Waals surface area contributed by atoms with E-state index in [1.807, 2.05) is 0 Å². The molecule has 0 N–H and O–H groups in total. The summed E-state index contributed by atoms with van der Waals surface area (Å²) < 4.78 is 74.2. The zero-order valence-electron chi connectivity index (χ0n) is 20.7. The van der Waals surface area contributed by atoms with Gasteiger partial charge in [-0.15, -0.1) is 0 Å². The van der Waals surface area contributed by atoms with Crippen LogP contribution in [0.4, 0.5) is 17.6 Å². The molecule has 0 spiro atoms. The molecule has 2 aliphatic rings. The summed E-state index contributed by atoms with van der Waals surface area (Å²) in [6.07, 6.45) is 5.79. The molecule has 1 aromatic rings. The van der Waals surface area contributed by atoms with Crippen molar-refractivity contribution in [2.75, 3.05) is 20.3 Å². The van der Waals surface area contributed by atoms with E-state index in [1.54, 1.807) is 26.2 Å². The van der Waals surface area contributed by atoms with Gasteiger partial charge in [-0.2, -0.15) is 4.39 Å². The Morgan fingerprint density at radius 1 is 0.829 bits per heavy atom. The summed E-state index contributed by atoms with van der Waals surface area (Å²) in [5.74, 6) is -4.25. The lowest BCUT2D eigenvalue weighted by Gasteiger charge is -2.31. The van der Waals surface area contributed by atoms with Crippen molar-refractivity contribution in [1.29, 1.82) is 0 Å². The minimum Gasteiger partial charge on any atom is -0.491 e. The summed E-state index contributed by atoms with van der Waals surface area (Å²) >= 11 is 0. The Morgan fingerprint density at radius 3 is 1.77 bits per heavy atom. The topological polar surface area (TPSA) is 27.7 Å². The standard InChI is InChI=1S/C28H36F4O3/c1-5-34-18(3)26(30)25(29)17(2)16-35-22-12-8-20(9-13-22)24-15-14-23(27(31)28(24)32)19-6-10-21(33-4)11-7-19/h14-15,19-22H,2-3,5-13,16H2,1,4H3/b26-25-. The van der Waals surface area contributed by atoms with Gasteiger partial charge in [0.25, 0.3) is 0 Å². The summed E-state index contributed by atoms with van der Waals surface area (Å²) in [7, 11) is 1.69. The molecule has 0 aliphatic heterocycles. The fourth-order valence-electron chi connectivity index (χ4n) is 5.16. The highest BCUT2D eigenvalue weighted by atomic mass is 19.2. The number of hydrogen-bond donors (Lipinski definition) is 0. The number of ether oxygens (including phenoxy) is 3. The first-order chi connectivity index (χ1) is 16.8. The molecule has 3 rings (SSSR count). The number of allylic oxidation sites excluding steroid dienone is 1. The van der Waals surface area contributed by atoms with Crippen molar-refractivity contribution < 1.29 is 31.8 Å². The molecule has 0 unspecified atom stereocenters. The van der Waals surface area contributed by atoms with E-state index in [9.17, 15) is 13.2 Å². The van der Waals surface area contributed by atoms with Gasteiger partial charge in [0.05, 0.1) is 25.4 Å². The fraction of sp³-hybridized carbons (Fsp3) is 0.571. The highest BCUT2D eigenvalue weighted by Gasteiger charge is 2.30. The van der Waals surface area contributed by atoms with Crippen molar-refractivity contribution >= 4 is 0 Å². The Morgan fingerprint density at radius 2 is 1.31 bits per heavy atom. The molecule has 0 heterocycles. The van der Waals surface area contributed by atoms with Gasteiger partial charge in [-0.1, -0.05) is 25.3 Å². The molecule has 0 aromatic heterocycles. The molecular formula is C28H36F4O3. The summed E-state index contributed by atoms with van der Waals surface area (Å²) in [5, 5.41) is 0. The van der Waals surface area contributed by atoms with Gasteiger partial charge in [0.15, 0.2) is 29.0 Å². The predicted octanol–water partition coefficient (Wildman–Crippen LogP) is 7.94. The van der Waals surface area contributed by atoms with Gasteiger partial charge >= 0.3 is 0 Å². The van der Waals surface area contributed by atoms with Gasteiger partial charge in [-0.05, 0) is 81.3 Å². The number of rotatable bonds is 10. The van der Waals surface area contributed by atoms with Crippen LogP contribution in [0.1, 0.15) is 81.3 Å². The van der Waals surface area contributed by atoms with Crippen LogP contribution in [-0.4, -0.2) is 32.5 Å². The van der Waals surface area contributed by atoms with Crippen LogP contribution in [-0.2, 0) is 14.2 Å². The van der Waals surface area contributed by atoms with Crippen molar-refractivity contribution in [1.82, 2.24) is 0 Å². The average molecular weight is 497 g/mol. The van der Waals surface area contributed by atoms with Crippen molar-refractivity contribution in [3.8, 4) is 0 Å². The highest BCUT2D eigenvalue weighted by Crippen LogP contribution is 2.40. The van der Waals surface area contributed by atoms with Crippen molar-refractivity contribution in [3.05, 3.63) is 71.0 Å². The quantitative estimate of drug-likeness (QED) is 0.187. The monoisotopic (exact) mass is 496 g/mol. The van der Waals surface area contributed by atoms with E-state index in [0.717, 1.165) is 25.7 Å². The second kappa shape index (κ2) is 12.7. The molecular weight excluding hydrogens is 460 g/mol. The third-order valence-electron chi connectivity index (χ3n) is 7.26. The molecule has 2 fully saturated rings. The molecule has 3 nitrogen and oxygen atoms in total. The second-order valence-corrected chi connectivity index (χ2v) is 9.45. The van der Waals surface area contributed by atoms with Gasteiger partial charge in [-0.25, -0.2) is 13.2 Å². The molecule has 0 bridgehead atoms. The number of halogens is 4. The molecule has 35 heavy (non-hydrogen) atoms. The van der Waals surface area contributed by atoms with Crippen LogP contribution in [0.3, 0.4) is 0 Å². The largest absolute Gasteiger partial charge is 0.491 e. The SMILES string of the molecule is C=C(COC1CCC(c2ccc(C3CCC(OC)CC3)c(F)c2F)CC1)/C(F)=C(/F)C(=C)OCC. The Kier molecular flexibility index (Phi) is 9.99. The number of hydrogen-bond acceptors (Lipinski definition) is 3. The van der Waals surface area contributed by atoms with Crippen LogP contribution >= 0.6 is 0 Å². The minimum atomic E-state index is -1.18. The second-order valence-electron chi connectivity index (χ2n) is 9.45. The smallest absolute Gasteiger partial charge is 0.200 e. The molecule has 1 aromatic carbocycles. The zero-order chi connectivity index (χ0) is 25.5. The third-order valence-corrected chi connectivity index (χ3v) is 7.26. The predicted molar refractivity (Wildman–Crippen MR) is 128 cm³/mol. The van der Waals surface area contributed by atoms with Crippen molar-refractivity contribution in [2.45, 2.75) is 82.3 Å². The van der Waals surface area contributed by atoms with E-state index in [1.165, 1.54) is 0 Å². The van der Waals surface area contributed by atoms with Gasteiger partial charge in [0, 0.05) is 12.7 Å². The summed E-state index contributed by atoms with van der Waals surface area (Å²) in [4.78, 5) is 0. The van der Waals surface area contributed by atoms with E-state index in [0.29, 0.717) is 36.8 Å². The van der Waals surface area contributed by atoms with E-state index in [2.05, 4.69) is 13.2 Å². The molecule has 0 radical (unpaired) electrons. The minimum absolute atomic E-state index is 0.0205. The Balaban J connectivity index is 1.53. The Bertz CT molecular complexity index is 926. The van der Waals surface area contributed by atoms with Crippen molar-refractivity contribution in [2.24, 2.45) is 0 Å². The molecule has 7 heteroatoms.